The summed E-state index contributed by atoms with van der Waals surface area (Å²) in [4.78, 5) is 45.6. The van der Waals surface area contributed by atoms with Crippen molar-refractivity contribution >= 4 is 28.8 Å². The number of carbonyl (C=O) groups is 3. The highest BCUT2D eigenvalue weighted by Crippen LogP contribution is 2.65. The first kappa shape index (κ1) is 28.9. The average molecular weight is 566 g/mol. The molecule has 3 aliphatic heterocycles. The zero-order chi connectivity index (χ0) is 29.7. The molecule has 5 rings (SSSR count). The van der Waals surface area contributed by atoms with Gasteiger partial charge in [-0.05, 0) is 37.3 Å². The largest absolute Gasteiger partial charge is 0.461 e. The van der Waals surface area contributed by atoms with Gasteiger partial charge in [-0.1, -0.05) is 56.8 Å². The van der Waals surface area contributed by atoms with Crippen molar-refractivity contribution < 1.29 is 29.0 Å². The molecule has 3 saturated heterocycles. The normalized spacial score (nSPS) is 31.0. The number of aliphatic hydroxyl groups excluding tert-OH is 1. The molecule has 0 saturated carbocycles. The second kappa shape index (κ2) is 10.7. The van der Waals surface area contributed by atoms with E-state index in [1.54, 1.807) is 15.7 Å². The van der Waals surface area contributed by atoms with Crippen molar-refractivity contribution in [1.29, 1.82) is 0 Å². The zero-order valence-electron chi connectivity index (χ0n) is 24.1. The maximum Gasteiger partial charge on any atom is 0.313 e. The first-order valence-electron chi connectivity index (χ1n) is 14.1. The highest BCUT2D eigenvalue weighted by molar-refractivity contribution is 5.99. The maximum absolute atomic E-state index is 14.7. The molecule has 4 heterocycles. The third kappa shape index (κ3) is 4.28. The molecule has 3 aliphatic rings. The lowest BCUT2D eigenvalue weighted by molar-refractivity contribution is -0.164. The molecule has 2 bridgehead atoms. The van der Waals surface area contributed by atoms with Gasteiger partial charge in [-0.2, -0.15) is 0 Å². The molecule has 220 valence electrons. The van der Waals surface area contributed by atoms with E-state index in [4.69, 9.17) is 9.47 Å². The van der Waals surface area contributed by atoms with Crippen LogP contribution in [0.25, 0.3) is 11.0 Å². The van der Waals surface area contributed by atoms with Gasteiger partial charge in [0, 0.05) is 6.54 Å². The van der Waals surface area contributed by atoms with Crippen LogP contribution in [0.3, 0.4) is 0 Å². The SMILES string of the molecule is C=CCOC(=O)[C@@H]1[C@H]2C(=O)N([C@@H](CO)C(C)C)C(C(=O)N(CC=C)Cn3nnc4ccccc43)C23CC(C)[C@@]1(C)O3. The van der Waals surface area contributed by atoms with E-state index in [1.807, 2.05) is 52.0 Å². The van der Waals surface area contributed by atoms with Crippen molar-refractivity contribution in [3.8, 4) is 0 Å². The highest BCUT2D eigenvalue weighted by atomic mass is 16.6. The standard InChI is InChI=1S/C30H39N5O6/c1-7-13-33(17-34-21-12-10-9-11-20(21)31-32-34)27(38)25-30-15-19(5)29(6,41-30)24(28(39)40-14-8-2)23(30)26(37)35(25)22(16-36)18(3)4/h7-12,18-19,22-25,36H,1-2,13-17H2,3-6H3/t19?,22-,23-,24-,25?,29+,30?/m0/s1. The minimum atomic E-state index is -1.27. The van der Waals surface area contributed by atoms with Gasteiger partial charge in [-0.15, -0.1) is 11.7 Å². The molecule has 11 nitrogen and oxygen atoms in total. The lowest BCUT2D eigenvalue weighted by Gasteiger charge is -2.40. The van der Waals surface area contributed by atoms with E-state index in [0.29, 0.717) is 11.9 Å². The summed E-state index contributed by atoms with van der Waals surface area (Å²) in [5.41, 5.74) is -0.826. The number of ether oxygens (including phenoxy) is 2. The van der Waals surface area contributed by atoms with E-state index in [-0.39, 0.29) is 50.1 Å². The average Bonchev–Trinajstić information content (AvgIpc) is 3.61. The minimum absolute atomic E-state index is 0.00398. The molecule has 0 radical (unpaired) electrons. The Balaban J connectivity index is 1.61. The van der Waals surface area contributed by atoms with Gasteiger partial charge >= 0.3 is 5.97 Å². The minimum Gasteiger partial charge on any atom is -0.461 e. The van der Waals surface area contributed by atoms with Gasteiger partial charge in [0.25, 0.3) is 0 Å². The van der Waals surface area contributed by atoms with Gasteiger partial charge in [-0.3, -0.25) is 14.4 Å². The molecular formula is C30H39N5O6. The van der Waals surface area contributed by atoms with E-state index in [9.17, 15) is 19.5 Å². The predicted molar refractivity (Wildman–Crippen MR) is 150 cm³/mol. The number of amides is 2. The molecule has 3 unspecified atom stereocenters. The lowest BCUT2D eigenvalue weighted by atomic mass is 9.62. The number of nitrogens with zero attached hydrogens (tertiary/aromatic N) is 5. The van der Waals surface area contributed by atoms with E-state index in [0.717, 1.165) is 5.52 Å². The molecule has 1 aromatic carbocycles. The Bertz CT molecular complexity index is 1370. The van der Waals surface area contributed by atoms with Crippen molar-refractivity contribution in [1.82, 2.24) is 24.8 Å². The Kier molecular flexibility index (Phi) is 7.54. The Hall–Kier alpha value is -3.57. The van der Waals surface area contributed by atoms with Crippen LogP contribution in [0, 0.1) is 23.7 Å². The van der Waals surface area contributed by atoms with Crippen LogP contribution >= 0.6 is 0 Å². The van der Waals surface area contributed by atoms with Crippen molar-refractivity contribution in [3.05, 3.63) is 49.6 Å². The maximum atomic E-state index is 14.7. The number of aromatic nitrogens is 3. The van der Waals surface area contributed by atoms with Crippen LogP contribution in [0.1, 0.15) is 34.1 Å². The molecule has 2 amide bonds. The molecule has 11 heteroatoms. The number of fused-ring (bicyclic) bond motifs is 2. The number of hydrogen-bond donors (Lipinski definition) is 1. The van der Waals surface area contributed by atoms with Crippen LogP contribution in [0.15, 0.2) is 49.6 Å². The molecule has 0 aliphatic carbocycles. The van der Waals surface area contributed by atoms with Crippen molar-refractivity contribution in [2.45, 2.75) is 64.1 Å². The number of benzene rings is 1. The predicted octanol–water partition coefficient (Wildman–Crippen LogP) is 2.16. The molecule has 7 atom stereocenters. The fraction of sp³-hybridized carbons (Fsp3) is 0.567. The van der Waals surface area contributed by atoms with Gasteiger partial charge in [-0.25, -0.2) is 4.68 Å². The number of rotatable bonds is 11. The van der Waals surface area contributed by atoms with E-state index in [1.165, 1.54) is 11.0 Å². The van der Waals surface area contributed by atoms with E-state index < -0.39 is 41.1 Å². The molecule has 2 aromatic rings. The molecule has 3 fully saturated rings. The monoisotopic (exact) mass is 565 g/mol. The number of para-hydroxylation sites is 1. The first-order chi connectivity index (χ1) is 19.5. The van der Waals surface area contributed by atoms with Crippen LogP contribution in [-0.2, 0) is 30.5 Å². The Morgan fingerprint density at radius 1 is 1.29 bits per heavy atom. The third-order valence-electron chi connectivity index (χ3n) is 9.28. The van der Waals surface area contributed by atoms with Gasteiger partial charge < -0.3 is 24.4 Å². The Morgan fingerprint density at radius 3 is 2.68 bits per heavy atom. The fourth-order valence-corrected chi connectivity index (χ4v) is 7.25. The second-order valence-electron chi connectivity index (χ2n) is 11.9. The lowest BCUT2D eigenvalue weighted by Crippen LogP contribution is -2.60. The summed E-state index contributed by atoms with van der Waals surface area (Å²) in [6.45, 7) is 15.0. The fourth-order valence-electron chi connectivity index (χ4n) is 7.25. The number of carbonyl (C=O) groups excluding carboxylic acids is 3. The third-order valence-corrected chi connectivity index (χ3v) is 9.28. The van der Waals surface area contributed by atoms with Gasteiger partial charge in [0.15, 0.2) is 0 Å². The molecule has 1 spiro atoms. The topological polar surface area (TPSA) is 127 Å². The number of hydrogen-bond acceptors (Lipinski definition) is 8. The summed E-state index contributed by atoms with van der Waals surface area (Å²) < 4.78 is 13.9. The summed E-state index contributed by atoms with van der Waals surface area (Å²) in [6, 6.07) is 5.71. The molecular weight excluding hydrogens is 526 g/mol. The highest BCUT2D eigenvalue weighted by Gasteiger charge is 2.80. The summed E-state index contributed by atoms with van der Waals surface area (Å²) in [5, 5.41) is 18.9. The summed E-state index contributed by atoms with van der Waals surface area (Å²) in [6.07, 6.45) is 3.50. The van der Waals surface area contributed by atoms with Crippen molar-refractivity contribution in [2.24, 2.45) is 23.7 Å². The van der Waals surface area contributed by atoms with Crippen molar-refractivity contribution in [3.63, 3.8) is 0 Å². The quantitative estimate of drug-likeness (QED) is 0.325. The van der Waals surface area contributed by atoms with E-state index in [2.05, 4.69) is 23.5 Å². The van der Waals surface area contributed by atoms with Crippen LogP contribution in [0.5, 0.6) is 0 Å². The number of likely N-dealkylation sites (tertiary alicyclic amines) is 1. The summed E-state index contributed by atoms with van der Waals surface area (Å²) in [5.74, 6) is -3.43. The smallest absolute Gasteiger partial charge is 0.313 e. The molecule has 1 aromatic heterocycles. The number of esters is 1. The molecule has 1 N–H and O–H groups in total. The second-order valence-corrected chi connectivity index (χ2v) is 11.9. The first-order valence-corrected chi connectivity index (χ1v) is 14.1. The Labute approximate surface area is 239 Å². The van der Waals surface area contributed by atoms with Crippen LogP contribution in [-0.4, -0.2) is 90.7 Å². The van der Waals surface area contributed by atoms with Gasteiger partial charge in [0.2, 0.25) is 11.8 Å². The van der Waals surface area contributed by atoms with Crippen LogP contribution < -0.4 is 0 Å². The number of aliphatic hydroxyl groups is 1. The zero-order valence-corrected chi connectivity index (χ0v) is 24.1. The van der Waals surface area contributed by atoms with Gasteiger partial charge in [0.1, 0.15) is 36.4 Å². The van der Waals surface area contributed by atoms with Crippen LogP contribution in [0.4, 0.5) is 0 Å². The van der Waals surface area contributed by atoms with Crippen LogP contribution in [0.2, 0.25) is 0 Å². The summed E-state index contributed by atoms with van der Waals surface area (Å²) in [7, 11) is 0. The van der Waals surface area contributed by atoms with E-state index >= 15 is 0 Å². The van der Waals surface area contributed by atoms with Crippen molar-refractivity contribution in [2.75, 3.05) is 19.8 Å². The summed E-state index contributed by atoms with van der Waals surface area (Å²) >= 11 is 0. The molecule has 41 heavy (non-hydrogen) atoms. The van der Waals surface area contributed by atoms with Gasteiger partial charge in [0.05, 0.1) is 29.7 Å². The Morgan fingerprint density at radius 2 is 2.02 bits per heavy atom.